The Hall–Kier alpha value is -2.81. The molecular weight excluding hydrogens is 368 g/mol. The first-order chi connectivity index (χ1) is 14.4. The van der Waals surface area contributed by atoms with E-state index in [9.17, 15) is 4.79 Å². The van der Waals surface area contributed by atoms with Gasteiger partial charge in [0.05, 0.1) is 6.54 Å². The van der Waals surface area contributed by atoms with E-state index in [1.54, 1.807) is 0 Å². The van der Waals surface area contributed by atoms with Gasteiger partial charge in [0.15, 0.2) is 0 Å². The van der Waals surface area contributed by atoms with Gasteiger partial charge >= 0.3 is 0 Å². The lowest BCUT2D eigenvalue weighted by Gasteiger charge is -2.32. The molecule has 0 N–H and O–H groups in total. The number of benzene rings is 2. The van der Waals surface area contributed by atoms with E-state index in [-0.39, 0.29) is 11.9 Å². The lowest BCUT2D eigenvalue weighted by Crippen LogP contribution is -2.41. The van der Waals surface area contributed by atoms with E-state index in [2.05, 4.69) is 93.9 Å². The zero-order chi connectivity index (χ0) is 21.7. The standard InChI is InChI=1S/C27H34N2O/c1-6-23-12-14-25(15-13-23)27(30)29(22(5)20(2)3)19-26-11-8-16-28(26)18-24-10-7-9-21(4)17-24/h7-17,20,22H,6,18-19H2,1-5H3/t22-/m0/s1. The molecule has 0 aliphatic heterocycles. The van der Waals surface area contributed by atoms with Crippen LogP contribution in [0.5, 0.6) is 0 Å². The van der Waals surface area contributed by atoms with Crippen molar-refractivity contribution in [3.05, 3.63) is 94.8 Å². The first-order valence-electron chi connectivity index (χ1n) is 11.0. The van der Waals surface area contributed by atoms with Crippen molar-refractivity contribution in [1.82, 2.24) is 9.47 Å². The fraction of sp³-hybridized carbons (Fsp3) is 0.370. The van der Waals surface area contributed by atoms with Gasteiger partial charge in [-0.3, -0.25) is 4.79 Å². The zero-order valence-electron chi connectivity index (χ0n) is 18.9. The number of hydrogen-bond donors (Lipinski definition) is 0. The van der Waals surface area contributed by atoms with Crippen molar-refractivity contribution in [2.45, 2.75) is 60.2 Å². The Morgan fingerprint density at radius 3 is 2.33 bits per heavy atom. The van der Waals surface area contributed by atoms with Crippen LogP contribution in [0.4, 0.5) is 0 Å². The molecule has 3 rings (SSSR count). The van der Waals surface area contributed by atoms with E-state index in [0.29, 0.717) is 12.5 Å². The highest BCUT2D eigenvalue weighted by Gasteiger charge is 2.25. The molecular formula is C27H34N2O. The SMILES string of the molecule is CCc1ccc(C(=O)N(Cc2cccn2Cc2cccc(C)c2)[C@@H](C)C(C)C)cc1. The summed E-state index contributed by atoms with van der Waals surface area (Å²) in [7, 11) is 0. The average Bonchev–Trinajstić information content (AvgIpc) is 3.17. The summed E-state index contributed by atoms with van der Waals surface area (Å²) < 4.78 is 2.25. The minimum Gasteiger partial charge on any atom is -0.345 e. The van der Waals surface area contributed by atoms with Gasteiger partial charge in [0.25, 0.3) is 5.91 Å². The number of carbonyl (C=O) groups is 1. The summed E-state index contributed by atoms with van der Waals surface area (Å²) in [6.45, 7) is 12.2. The summed E-state index contributed by atoms with van der Waals surface area (Å²) in [6.07, 6.45) is 3.09. The number of carbonyl (C=O) groups excluding carboxylic acids is 1. The quantitative estimate of drug-likeness (QED) is 0.447. The van der Waals surface area contributed by atoms with Crippen molar-refractivity contribution < 1.29 is 4.79 Å². The van der Waals surface area contributed by atoms with E-state index in [4.69, 9.17) is 0 Å². The van der Waals surface area contributed by atoms with Crippen LogP contribution in [0.3, 0.4) is 0 Å². The van der Waals surface area contributed by atoms with Gasteiger partial charge in [-0.2, -0.15) is 0 Å². The van der Waals surface area contributed by atoms with Gasteiger partial charge in [-0.15, -0.1) is 0 Å². The molecule has 1 heterocycles. The molecule has 0 bridgehead atoms. The van der Waals surface area contributed by atoms with Crippen LogP contribution in [0, 0.1) is 12.8 Å². The molecule has 1 amide bonds. The molecule has 0 spiro atoms. The van der Waals surface area contributed by atoms with E-state index in [1.807, 2.05) is 17.0 Å². The van der Waals surface area contributed by atoms with Gasteiger partial charge < -0.3 is 9.47 Å². The zero-order valence-corrected chi connectivity index (χ0v) is 18.9. The van der Waals surface area contributed by atoms with Gasteiger partial charge in [-0.05, 0) is 61.6 Å². The van der Waals surface area contributed by atoms with Crippen molar-refractivity contribution in [1.29, 1.82) is 0 Å². The van der Waals surface area contributed by atoms with Gasteiger partial charge in [-0.25, -0.2) is 0 Å². The molecule has 158 valence electrons. The van der Waals surface area contributed by atoms with Crippen LogP contribution in [0.25, 0.3) is 0 Å². The molecule has 0 aliphatic carbocycles. The van der Waals surface area contributed by atoms with Crippen molar-refractivity contribution in [2.75, 3.05) is 0 Å². The normalized spacial score (nSPS) is 12.2. The van der Waals surface area contributed by atoms with Crippen LogP contribution in [0.1, 0.15) is 60.4 Å². The molecule has 3 nitrogen and oxygen atoms in total. The van der Waals surface area contributed by atoms with E-state index >= 15 is 0 Å². The topological polar surface area (TPSA) is 25.2 Å². The highest BCUT2D eigenvalue weighted by atomic mass is 16.2. The van der Waals surface area contributed by atoms with Crippen LogP contribution < -0.4 is 0 Å². The van der Waals surface area contributed by atoms with Gasteiger partial charge in [0.1, 0.15) is 0 Å². The first-order valence-corrected chi connectivity index (χ1v) is 11.0. The molecule has 30 heavy (non-hydrogen) atoms. The predicted molar refractivity (Wildman–Crippen MR) is 125 cm³/mol. The highest BCUT2D eigenvalue weighted by Crippen LogP contribution is 2.20. The molecule has 0 saturated carbocycles. The third-order valence-electron chi connectivity index (χ3n) is 6.02. The number of amides is 1. The molecule has 3 heteroatoms. The monoisotopic (exact) mass is 402 g/mol. The second-order valence-electron chi connectivity index (χ2n) is 8.58. The molecule has 1 aromatic heterocycles. The molecule has 0 unspecified atom stereocenters. The van der Waals surface area contributed by atoms with Crippen LogP contribution >= 0.6 is 0 Å². The van der Waals surface area contributed by atoms with E-state index < -0.39 is 0 Å². The summed E-state index contributed by atoms with van der Waals surface area (Å²) in [5.74, 6) is 0.478. The van der Waals surface area contributed by atoms with Crippen molar-refractivity contribution >= 4 is 5.91 Å². The first kappa shape index (κ1) is 21.9. The highest BCUT2D eigenvalue weighted by molar-refractivity contribution is 5.94. The van der Waals surface area contributed by atoms with Gasteiger partial charge in [0, 0.05) is 30.0 Å². The second-order valence-corrected chi connectivity index (χ2v) is 8.58. The summed E-state index contributed by atoms with van der Waals surface area (Å²) in [4.78, 5) is 15.5. The molecule has 0 saturated heterocycles. The van der Waals surface area contributed by atoms with Crippen molar-refractivity contribution in [3.63, 3.8) is 0 Å². The Morgan fingerprint density at radius 2 is 1.70 bits per heavy atom. The fourth-order valence-corrected chi connectivity index (χ4v) is 3.74. The maximum absolute atomic E-state index is 13.4. The summed E-state index contributed by atoms with van der Waals surface area (Å²) >= 11 is 0. The Bertz CT molecular complexity index is 969. The number of rotatable bonds is 8. The van der Waals surface area contributed by atoms with Crippen molar-refractivity contribution in [2.24, 2.45) is 5.92 Å². The Kier molecular flexibility index (Phi) is 7.15. The molecule has 0 radical (unpaired) electrons. The number of aromatic nitrogens is 1. The van der Waals surface area contributed by atoms with Crippen LogP contribution in [-0.2, 0) is 19.5 Å². The maximum Gasteiger partial charge on any atom is 0.254 e. The minimum absolute atomic E-state index is 0.0992. The van der Waals surface area contributed by atoms with E-state index in [1.165, 1.54) is 16.7 Å². The fourth-order valence-electron chi connectivity index (χ4n) is 3.74. The van der Waals surface area contributed by atoms with Crippen LogP contribution in [0.15, 0.2) is 66.9 Å². The third-order valence-corrected chi connectivity index (χ3v) is 6.02. The molecule has 2 aromatic carbocycles. The lowest BCUT2D eigenvalue weighted by atomic mass is 10.0. The largest absolute Gasteiger partial charge is 0.345 e. The van der Waals surface area contributed by atoms with Crippen LogP contribution in [-0.4, -0.2) is 21.4 Å². The number of aryl methyl sites for hydroxylation is 2. The Labute approximate surface area is 181 Å². The summed E-state index contributed by atoms with van der Waals surface area (Å²) in [5.41, 5.74) is 5.71. The maximum atomic E-state index is 13.4. The van der Waals surface area contributed by atoms with Gasteiger partial charge in [0.2, 0.25) is 0 Å². The molecule has 3 aromatic rings. The molecule has 0 fully saturated rings. The molecule has 0 aliphatic rings. The minimum atomic E-state index is 0.0992. The van der Waals surface area contributed by atoms with E-state index in [0.717, 1.165) is 24.2 Å². The number of hydrogen-bond acceptors (Lipinski definition) is 1. The Balaban J connectivity index is 1.85. The summed E-state index contributed by atoms with van der Waals surface area (Å²) in [5, 5.41) is 0. The smallest absolute Gasteiger partial charge is 0.254 e. The number of nitrogens with zero attached hydrogens (tertiary/aromatic N) is 2. The lowest BCUT2D eigenvalue weighted by molar-refractivity contribution is 0.0622. The second kappa shape index (κ2) is 9.80. The predicted octanol–water partition coefficient (Wildman–Crippen LogP) is 6.09. The van der Waals surface area contributed by atoms with Crippen molar-refractivity contribution in [3.8, 4) is 0 Å². The average molecular weight is 403 g/mol. The van der Waals surface area contributed by atoms with Crippen LogP contribution in [0.2, 0.25) is 0 Å². The molecule has 1 atom stereocenters. The Morgan fingerprint density at radius 1 is 0.967 bits per heavy atom. The van der Waals surface area contributed by atoms with Gasteiger partial charge in [-0.1, -0.05) is 62.7 Å². The third kappa shape index (κ3) is 5.21. The summed E-state index contributed by atoms with van der Waals surface area (Å²) in [6, 6.07) is 21.0.